The van der Waals surface area contributed by atoms with Gasteiger partial charge in [0, 0.05) is 16.3 Å². The molecule has 1 aliphatic carbocycles. The Morgan fingerprint density at radius 2 is 1.90 bits per heavy atom. The van der Waals surface area contributed by atoms with E-state index in [0.717, 1.165) is 41.0 Å². The maximum Gasteiger partial charge on any atom is 0.236 e. The van der Waals surface area contributed by atoms with Crippen LogP contribution in [-0.2, 0) is 10.2 Å². The maximum atomic E-state index is 13.1. The molecule has 0 atom stereocenters. The van der Waals surface area contributed by atoms with Gasteiger partial charge in [0.15, 0.2) is 11.5 Å². The first-order valence-corrected chi connectivity index (χ1v) is 9.88. The number of pyridine rings is 1. The summed E-state index contributed by atoms with van der Waals surface area (Å²) in [6, 6.07) is 17.2. The minimum Gasteiger partial charge on any atom is -0.454 e. The summed E-state index contributed by atoms with van der Waals surface area (Å²) in [6.45, 7) is 2.15. The molecule has 0 saturated heterocycles. The number of carbonyl (C=O) groups excluding carboxylic acids is 1. The molecule has 146 valence electrons. The number of nitrogens with zero attached hydrogens (tertiary/aromatic N) is 1. The molecule has 2 heterocycles. The Morgan fingerprint density at radius 3 is 2.66 bits per heavy atom. The molecule has 1 saturated carbocycles. The minimum absolute atomic E-state index is 0.0428. The van der Waals surface area contributed by atoms with E-state index in [1.54, 1.807) is 0 Å². The van der Waals surface area contributed by atoms with Crippen LogP contribution in [0.4, 0.5) is 5.82 Å². The molecule has 6 heteroatoms. The third-order valence-corrected chi connectivity index (χ3v) is 5.81. The number of benzene rings is 2. The highest BCUT2D eigenvalue weighted by Gasteiger charge is 2.51. The lowest BCUT2D eigenvalue weighted by molar-refractivity contribution is -0.118. The van der Waals surface area contributed by atoms with Crippen LogP contribution < -0.4 is 14.8 Å². The summed E-state index contributed by atoms with van der Waals surface area (Å²) in [5.41, 5.74) is 3.24. The molecule has 0 unspecified atom stereocenters. The van der Waals surface area contributed by atoms with Gasteiger partial charge in [-0.3, -0.25) is 4.79 Å². The van der Waals surface area contributed by atoms with Crippen LogP contribution in [0.2, 0.25) is 5.02 Å². The number of nitrogens with one attached hydrogen (secondary N) is 1. The molecular formula is C23H19ClN2O3. The second-order valence-electron chi connectivity index (χ2n) is 7.44. The second-order valence-corrected chi connectivity index (χ2v) is 7.88. The Morgan fingerprint density at radius 1 is 1.07 bits per heavy atom. The van der Waals surface area contributed by atoms with Crippen LogP contribution in [0, 0.1) is 6.92 Å². The van der Waals surface area contributed by atoms with Crippen LogP contribution in [0.15, 0.2) is 54.6 Å². The van der Waals surface area contributed by atoms with Gasteiger partial charge in [-0.15, -0.1) is 0 Å². The first-order valence-electron chi connectivity index (χ1n) is 9.50. The summed E-state index contributed by atoms with van der Waals surface area (Å²) >= 11 is 6.10. The van der Waals surface area contributed by atoms with Crippen molar-refractivity contribution in [3.05, 3.63) is 70.9 Å². The molecule has 5 rings (SSSR count). The normalized spacial score (nSPS) is 15.8. The number of rotatable bonds is 4. The molecule has 1 amide bonds. The van der Waals surface area contributed by atoms with Crippen molar-refractivity contribution in [2.75, 3.05) is 12.1 Å². The molecule has 0 radical (unpaired) electrons. The summed E-state index contributed by atoms with van der Waals surface area (Å²) in [4.78, 5) is 17.7. The van der Waals surface area contributed by atoms with Crippen molar-refractivity contribution >= 4 is 23.3 Å². The third-order valence-electron chi connectivity index (χ3n) is 5.57. The second kappa shape index (κ2) is 6.78. The first-order chi connectivity index (χ1) is 14.0. The van der Waals surface area contributed by atoms with E-state index >= 15 is 0 Å². The van der Waals surface area contributed by atoms with E-state index < -0.39 is 5.41 Å². The predicted octanol–water partition coefficient (Wildman–Crippen LogP) is 5.11. The number of amides is 1. The highest BCUT2D eigenvalue weighted by atomic mass is 35.5. The largest absolute Gasteiger partial charge is 0.454 e. The molecule has 1 N–H and O–H groups in total. The Hall–Kier alpha value is -3.05. The summed E-state index contributed by atoms with van der Waals surface area (Å²) in [5, 5.41) is 3.67. The topological polar surface area (TPSA) is 60.5 Å². The number of anilines is 1. The summed E-state index contributed by atoms with van der Waals surface area (Å²) in [7, 11) is 0. The standard InChI is InChI=1S/C23H19ClN2O3/c1-14-18(15-3-2-4-17(24)11-15)6-8-21(25-14)26-22(27)23(9-10-23)16-5-7-19-20(12-16)29-13-28-19/h2-8,11-12H,9-10,13H2,1H3,(H,25,26,27). The van der Waals surface area contributed by atoms with Gasteiger partial charge in [0.1, 0.15) is 5.82 Å². The summed E-state index contributed by atoms with van der Waals surface area (Å²) < 4.78 is 10.8. The molecule has 0 bridgehead atoms. The van der Waals surface area contributed by atoms with Crippen molar-refractivity contribution in [2.45, 2.75) is 25.2 Å². The summed E-state index contributed by atoms with van der Waals surface area (Å²) in [5.74, 6) is 1.92. The van der Waals surface area contributed by atoms with Gasteiger partial charge in [-0.25, -0.2) is 4.98 Å². The number of hydrogen-bond donors (Lipinski definition) is 1. The van der Waals surface area contributed by atoms with Crippen molar-refractivity contribution in [2.24, 2.45) is 0 Å². The van der Waals surface area contributed by atoms with E-state index in [9.17, 15) is 4.79 Å². The van der Waals surface area contributed by atoms with Gasteiger partial charge in [0.25, 0.3) is 0 Å². The fourth-order valence-corrected chi connectivity index (χ4v) is 3.98. The SMILES string of the molecule is Cc1nc(NC(=O)C2(c3ccc4c(c3)OCO4)CC2)ccc1-c1cccc(Cl)c1. The van der Waals surface area contributed by atoms with Gasteiger partial charge in [-0.1, -0.05) is 29.8 Å². The van der Waals surface area contributed by atoms with Gasteiger partial charge >= 0.3 is 0 Å². The van der Waals surface area contributed by atoms with Gasteiger partial charge in [0.2, 0.25) is 12.7 Å². The zero-order chi connectivity index (χ0) is 20.0. The van der Waals surface area contributed by atoms with Gasteiger partial charge < -0.3 is 14.8 Å². The number of hydrogen-bond acceptors (Lipinski definition) is 4. The molecule has 1 fully saturated rings. The molecule has 29 heavy (non-hydrogen) atoms. The zero-order valence-corrected chi connectivity index (χ0v) is 16.6. The van der Waals surface area contributed by atoms with Gasteiger partial charge in [-0.05, 0) is 67.3 Å². The van der Waals surface area contributed by atoms with Crippen molar-refractivity contribution < 1.29 is 14.3 Å². The molecule has 1 aliphatic heterocycles. The molecule has 1 aromatic heterocycles. The number of halogens is 1. The number of carbonyl (C=O) groups is 1. The Bertz CT molecular complexity index is 1120. The van der Waals surface area contributed by atoms with Crippen molar-refractivity contribution in [3.63, 3.8) is 0 Å². The van der Waals surface area contributed by atoms with Gasteiger partial charge in [-0.2, -0.15) is 0 Å². The van der Waals surface area contributed by atoms with E-state index in [2.05, 4.69) is 10.3 Å². The average Bonchev–Trinajstić information content (AvgIpc) is 3.39. The maximum absolute atomic E-state index is 13.1. The lowest BCUT2D eigenvalue weighted by atomic mass is 9.94. The quantitative estimate of drug-likeness (QED) is 0.654. The number of aromatic nitrogens is 1. The molecule has 5 nitrogen and oxygen atoms in total. The average molecular weight is 407 g/mol. The molecule has 3 aromatic rings. The Kier molecular flexibility index (Phi) is 4.21. The Labute approximate surface area is 173 Å². The monoisotopic (exact) mass is 406 g/mol. The molecule has 2 aliphatic rings. The predicted molar refractivity (Wildman–Crippen MR) is 112 cm³/mol. The van der Waals surface area contributed by atoms with Crippen LogP contribution in [0.3, 0.4) is 0 Å². The van der Waals surface area contributed by atoms with Crippen molar-refractivity contribution in [1.82, 2.24) is 4.98 Å². The van der Waals surface area contributed by atoms with Crippen LogP contribution >= 0.6 is 11.6 Å². The minimum atomic E-state index is -0.526. The van der Waals surface area contributed by atoms with Crippen LogP contribution in [0.1, 0.15) is 24.1 Å². The van der Waals surface area contributed by atoms with E-state index in [-0.39, 0.29) is 12.7 Å². The fraction of sp³-hybridized carbons (Fsp3) is 0.217. The number of aryl methyl sites for hydroxylation is 1. The number of ether oxygens (including phenoxy) is 2. The van der Waals surface area contributed by atoms with Crippen LogP contribution in [0.5, 0.6) is 11.5 Å². The van der Waals surface area contributed by atoms with E-state index in [0.29, 0.717) is 16.6 Å². The van der Waals surface area contributed by atoms with Crippen LogP contribution in [-0.4, -0.2) is 17.7 Å². The van der Waals surface area contributed by atoms with E-state index in [4.69, 9.17) is 21.1 Å². The highest BCUT2D eigenvalue weighted by molar-refractivity contribution is 6.30. The lowest BCUT2D eigenvalue weighted by Gasteiger charge is -2.16. The number of fused-ring (bicyclic) bond motifs is 1. The van der Waals surface area contributed by atoms with Crippen molar-refractivity contribution in [3.8, 4) is 22.6 Å². The first kappa shape index (κ1) is 18.0. The molecule has 2 aromatic carbocycles. The smallest absolute Gasteiger partial charge is 0.236 e. The highest BCUT2D eigenvalue weighted by Crippen LogP contribution is 2.51. The van der Waals surface area contributed by atoms with E-state index in [1.807, 2.05) is 61.5 Å². The molecular weight excluding hydrogens is 388 g/mol. The zero-order valence-electron chi connectivity index (χ0n) is 15.9. The third kappa shape index (κ3) is 3.21. The van der Waals surface area contributed by atoms with Gasteiger partial charge in [0.05, 0.1) is 5.41 Å². The lowest BCUT2D eigenvalue weighted by Crippen LogP contribution is -2.28. The molecule has 0 spiro atoms. The fourth-order valence-electron chi connectivity index (χ4n) is 3.79. The van der Waals surface area contributed by atoms with Crippen LogP contribution in [0.25, 0.3) is 11.1 Å². The van der Waals surface area contributed by atoms with Crippen molar-refractivity contribution in [1.29, 1.82) is 0 Å². The van der Waals surface area contributed by atoms with E-state index in [1.165, 1.54) is 0 Å². The Balaban J connectivity index is 1.38. The summed E-state index contributed by atoms with van der Waals surface area (Å²) in [6.07, 6.45) is 1.61.